The smallest absolute Gasteiger partial charge is 0.147 e. The molecule has 0 bridgehead atoms. The molecule has 0 amide bonds. The fourth-order valence-corrected chi connectivity index (χ4v) is 5.98. The van der Waals surface area contributed by atoms with E-state index in [1.807, 2.05) is 48.5 Å². The second kappa shape index (κ2) is 4.83. The fourth-order valence-electron chi connectivity index (χ4n) is 2.76. The summed E-state index contributed by atoms with van der Waals surface area (Å²) in [5.41, 5.74) is 2.47. The molecule has 1 atom stereocenters. The van der Waals surface area contributed by atoms with Gasteiger partial charge in [0.1, 0.15) is 7.14 Å². The zero-order chi connectivity index (χ0) is 13.3. The molecule has 19 heavy (non-hydrogen) atoms. The fraction of sp³-hybridized carbons (Fsp3) is 0.176. The van der Waals surface area contributed by atoms with Crippen molar-refractivity contribution in [3.05, 3.63) is 71.8 Å². The molecule has 1 nitrogen and oxygen atoms in total. The van der Waals surface area contributed by atoms with Crippen molar-refractivity contribution in [2.45, 2.75) is 13.3 Å². The van der Waals surface area contributed by atoms with E-state index in [9.17, 15) is 4.57 Å². The largest absolute Gasteiger partial charge is 0.313 e. The van der Waals surface area contributed by atoms with Gasteiger partial charge in [-0.05, 0) is 12.0 Å². The van der Waals surface area contributed by atoms with Gasteiger partial charge in [0.15, 0.2) is 0 Å². The lowest BCUT2D eigenvalue weighted by Crippen LogP contribution is -2.19. The van der Waals surface area contributed by atoms with Crippen molar-refractivity contribution in [3.63, 3.8) is 0 Å². The Labute approximate surface area is 114 Å². The summed E-state index contributed by atoms with van der Waals surface area (Å²) >= 11 is 0. The molecule has 0 fully saturated rings. The Morgan fingerprint density at radius 1 is 0.947 bits per heavy atom. The third kappa shape index (κ3) is 1.99. The zero-order valence-electron chi connectivity index (χ0n) is 11.0. The molecule has 0 saturated heterocycles. The van der Waals surface area contributed by atoms with Crippen LogP contribution in [-0.2, 0) is 4.57 Å². The van der Waals surface area contributed by atoms with Crippen molar-refractivity contribution >= 4 is 17.8 Å². The summed E-state index contributed by atoms with van der Waals surface area (Å²) in [5.74, 6) is 0. The van der Waals surface area contributed by atoms with Crippen molar-refractivity contribution in [1.29, 1.82) is 0 Å². The molecule has 2 aromatic carbocycles. The average molecular weight is 268 g/mol. The van der Waals surface area contributed by atoms with E-state index >= 15 is 0 Å². The van der Waals surface area contributed by atoms with Crippen LogP contribution in [0.25, 0.3) is 5.31 Å². The van der Waals surface area contributed by atoms with Crippen molar-refractivity contribution in [3.8, 4) is 0 Å². The number of benzene rings is 2. The van der Waals surface area contributed by atoms with Crippen LogP contribution >= 0.6 is 7.14 Å². The minimum Gasteiger partial charge on any atom is -0.313 e. The normalized spacial score (nSPS) is 22.2. The van der Waals surface area contributed by atoms with Crippen LogP contribution in [0.5, 0.6) is 0 Å². The van der Waals surface area contributed by atoms with E-state index in [1.165, 1.54) is 5.57 Å². The van der Waals surface area contributed by atoms with Crippen LogP contribution in [0.3, 0.4) is 0 Å². The molecule has 0 N–H and O–H groups in total. The van der Waals surface area contributed by atoms with Gasteiger partial charge in [-0.15, -0.1) is 0 Å². The topological polar surface area (TPSA) is 17.1 Å². The summed E-state index contributed by atoms with van der Waals surface area (Å²) < 4.78 is 13.3. The highest BCUT2D eigenvalue weighted by Crippen LogP contribution is 2.68. The third-order valence-electron chi connectivity index (χ3n) is 3.76. The summed E-state index contributed by atoms with van der Waals surface area (Å²) in [6.45, 7) is 2.15. The van der Waals surface area contributed by atoms with Crippen molar-refractivity contribution in [1.82, 2.24) is 0 Å². The first kappa shape index (κ1) is 12.4. The standard InChI is InChI=1S/C17H17OP/c1-2-14-13-19(18,16-11-7-4-8-12-16)17(14)15-9-5-3-6-10-15/h3-12H,2,13H2,1H3. The van der Waals surface area contributed by atoms with Crippen LogP contribution < -0.4 is 5.30 Å². The molecular weight excluding hydrogens is 251 g/mol. The van der Waals surface area contributed by atoms with E-state index in [1.54, 1.807) is 0 Å². The second-order valence-corrected chi connectivity index (χ2v) is 7.66. The average Bonchev–Trinajstić information content (AvgIpc) is 2.46. The first-order chi connectivity index (χ1) is 9.25. The van der Waals surface area contributed by atoms with E-state index in [2.05, 4.69) is 19.1 Å². The summed E-state index contributed by atoms with van der Waals surface area (Å²) in [5, 5.41) is 2.09. The Balaban J connectivity index is 2.12. The molecule has 1 heterocycles. The maximum atomic E-state index is 13.3. The lowest BCUT2D eigenvalue weighted by molar-refractivity contribution is 0.586. The Morgan fingerprint density at radius 2 is 1.53 bits per heavy atom. The maximum Gasteiger partial charge on any atom is 0.147 e. The van der Waals surface area contributed by atoms with Gasteiger partial charge in [-0.1, -0.05) is 73.2 Å². The minimum atomic E-state index is -2.37. The molecular formula is C17H17OP. The molecule has 0 radical (unpaired) electrons. The summed E-state index contributed by atoms with van der Waals surface area (Å²) in [7, 11) is -2.37. The number of rotatable bonds is 3. The summed E-state index contributed by atoms with van der Waals surface area (Å²) in [4.78, 5) is 0. The van der Waals surface area contributed by atoms with Gasteiger partial charge in [0.2, 0.25) is 0 Å². The molecule has 1 aliphatic rings. The summed E-state index contributed by atoms with van der Waals surface area (Å²) in [6, 6.07) is 20.1. The highest BCUT2D eigenvalue weighted by molar-refractivity contribution is 7.83. The monoisotopic (exact) mass is 268 g/mol. The quantitative estimate of drug-likeness (QED) is 0.748. The SMILES string of the molecule is CCC1=C(c2ccccc2)P(=O)(c2ccccc2)C1. The van der Waals surface area contributed by atoms with Gasteiger partial charge in [-0.25, -0.2) is 0 Å². The van der Waals surface area contributed by atoms with Crippen LogP contribution in [0.2, 0.25) is 0 Å². The molecule has 0 saturated carbocycles. The van der Waals surface area contributed by atoms with Gasteiger partial charge >= 0.3 is 0 Å². The Kier molecular flexibility index (Phi) is 3.16. The summed E-state index contributed by atoms with van der Waals surface area (Å²) in [6.07, 6.45) is 1.73. The lowest BCUT2D eigenvalue weighted by atomic mass is 10.1. The predicted molar refractivity (Wildman–Crippen MR) is 82.2 cm³/mol. The Hall–Kier alpha value is -1.59. The van der Waals surface area contributed by atoms with E-state index in [0.29, 0.717) is 0 Å². The van der Waals surface area contributed by atoms with Crippen molar-refractivity contribution in [2.75, 3.05) is 6.16 Å². The van der Waals surface area contributed by atoms with E-state index in [4.69, 9.17) is 0 Å². The van der Waals surface area contributed by atoms with Gasteiger partial charge in [-0.2, -0.15) is 0 Å². The molecule has 0 aliphatic carbocycles. The van der Waals surface area contributed by atoms with E-state index < -0.39 is 7.14 Å². The van der Waals surface area contributed by atoms with Crippen LogP contribution in [0.4, 0.5) is 0 Å². The van der Waals surface area contributed by atoms with Crippen LogP contribution in [0, 0.1) is 0 Å². The predicted octanol–water partition coefficient (Wildman–Crippen LogP) is 4.51. The molecule has 1 aliphatic heterocycles. The van der Waals surface area contributed by atoms with Gasteiger partial charge in [0.25, 0.3) is 0 Å². The number of allylic oxidation sites excluding steroid dienone is 1. The number of hydrogen-bond donors (Lipinski definition) is 0. The molecule has 0 aromatic heterocycles. The highest BCUT2D eigenvalue weighted by Gasteiger charge is 2.41. The van der Waals surface area contributed by atoms with Gasteiger partial charge in [0, 0.05) is 16.8 Å². The third-order valence-corrected chi connectivity index (χ3v) is 7.01. The molecule has 2 aromatic rings. The number of hydrogen-bond acceptors (Lipinski definition) is 1. The first-order valence-corrected chi connectivity index (χ1v) is 8.57. The molecule has 0 spiro atoms. The molecule has 96 valence electrons. The second-order valence-electron chi connectivity index (χ2n) is 4.91. The van der Waals surface area contributed by atoms with Gasteiger partial charge in [-0.3, -0.25) is 0 Å². The molecule has 2 heteroatoms. The zero-order valence-corrected chi connectivity index (χ0v) is 11.9. The maximum absolute atomic E-state index is 13.3. The van der Waals surface area contributed by atoms with Crippen LogP contribution in [0.1, 0.15) is 18.9 Å². The van der Waals surface area contributed by atoms with Crippen LogP contribution in [-0.4, -0.2) is 6.16 Å². The Morgan fingerprint density at radius 3 is 2.11 bits per heavy atom. The van der Waals surface area contributed by atoms with Crippen molar-refractivity contribution in [2.24, 2.45) is 0 Å². The first-order valence-electron chi connectivity index (χ1n) is 6.68. The van der Waals surface area contributed by atoms with E-state index in [0.717, 1.165) is 28.8 Å². The molecule has 1 unspecified atom stereocenters. The van der Waals surface area contributed by atoms with Gasteiger partial charge < -0.3 is 4.57 Å². The minimum absolute atomic E-state index is 0.748. The Bertz CT molecular complexity index is 656. The van der Waals surface area contributed by atoms with Crippen LogP contribution in [0.15, 0.2) is 66.2 Å². The van der Waals surface area contributed by atoms with Gasteiger partial charge in [0.05, 0.1) is 0 Å². The van der Waals surface area contributed by atoms with Crippen molar-refractivity contribution < 1.29 is 4.57 Å². The lowest BCUT2D eigenvalue weighted by Gasteiger charge is -2.34. The highest BCUT2D eigenvalue weighted by atomic mass is 31.2. The molecule has 3 rings (SSSR count). The van der Waals surface area contributed by atoms with E-state index in [-0.39, 0.29) is 0 Å².